The molecule has 0 saturated carbocycles. The van der Waals surface area contributed by atoms with Gasteiger partial charge in [0.05, 0.1) is 0 Å². The first-order chi connectivity index (χ1) is 7.40. The van der Waals surface area contributed by atoms with Gasteiger partial charge >= 0.3 is 0 Å². The summed E-state index contributed by atoms with van der Waals surface area (Å²) in [6.45, 7) is 4.29. The number of aromatic nitrogens is 3. The maximum atomic E-state index is 4.16. The van der Waals surface area contributed by atoms with Gasteiger partial charge in [0.2, 0.25) is 0 Å². The molecule has 1 aromatic rings. The van der Waals surface area contributed by atoms with E-state index >= 15 is 0 Å². The van der Waals surface area contributed by atoms with Gasteiger partial charge in [0.15, 0.2) is 0 Å². The Morgan fingerprint density at radius 3 is 3.20 bits per heavy atom. The summed E-state index contributed by atoms with van der Waals surface area (Å²) in [5.74, 6) is 1.13. The number of piperidine rings is 1. The van der Waals surface area contributed by atoms with E-state index in [4.69, 9.17) is 0 Å². The van der Waals surface area contributed by atoms with Crippen LogP contribution < -0.4 is 5.32 Å². The maximum Gasteiger partial charge on any atom is 0.132 e. The lowest BCUT2D eigenvalue weighted by atomic mass is 10.0. The van der Waals surface area contributed by atoms with E-state index in [1.807, 2.05) is 6.33 Å². The molecule has 0 aromatic carbocycles. The minimum Gasteiger partial charge on any atom is -0.318 e. The van der Waals surface area contributed by atoms with Crippen molar-refractivity contribution in [2.24, 2.45) is 0 Å². The lowest BCUT2D eigenvalue weighted by Gasteiger charge is -2.23. The summed E-state index contributed by atoms with van der Waals surface area (Å²) < 4.78 is 2.13. The lowest BCUT2D eigenvalue weighted by molar-refractivity contribution is 0.379. The largest absolute Gasteiger partial charge is 0.318 e. The molecule has 0 spiro atoms. The summed E-state index contributed by atoms with van der Waals surface area (Å²) >= 11 is 0. The highest BCUT2D eigenvalue weighted by atomic mass is 15.3. The second-order valence-corrected chi connectivity index (χ2v) is 4.22. The first kappa shape index (κ1) is 10.6. The zero-order chi connectivity index (χ0) is 10.5. The Labute approximate surface area is 91.1 Å². The van der Waals surface area contributed by atoms with Gasteiger partial charge in [-0.1, -0.05) is 6.42 Å². The highest BCUT2D eigenvalue weighted by molar-refractivity contribution is 4.87. The van der Waals surface area contributed by atoms with Crippen LogP contribution in [-0.4, -0.2) is 27.4 Å². The minimum absolute atomic E-state index is 0.695. The van der Waals surface area contributed by atoms with Crippen molar-refractivity contribution in [2.75, 3.05) is 6.54 Å². The number of hydrogen-bond donors (Lipinski definition) is 1. The van der Waals surface area contributed by atoms with Crippen LogP contribution in [0.4, 0.5) is 0 Å². The average Bonchev–Trinajstić information content (AvgIpc) is 2.75. The van der Waals surface area contributed by atoms with Crippen molar-refractivity contribution in [3.8, 4) is 0 Å². The van der Waals surface area contributed by atoms with Gasteiger partial charge in [-0.3, -0.25) is 0 Å². The summed E-state index contributed by atoms with van der Waals surface area (Å²) in [5, 5.41) is 11.7. The van der Waals surface area contributed by atoms with E-state index in [0.29, 0.717) is 6.04 Å². The van der Waals surface area contributed by atoms with Crippen molar-refractivity contribution < 1.29 is 0 Å². The topological polar surface area (TPSA) is 42.7 Å². The van der Waals surface area contributed by atoms with Crippen molar-refractivity contribution in [3.05, 3.63) is 12.2 Å². The Hall–Kier alpha value is -0.900. The van der Waals surface area contributed by atoms with Gasteiger partial charge in [-0.25, -0.2) is 0 Å². The molecule has 1 fully saturated rings. The van der Waals surface area contributed by atoms with Gasteiger partial charge < -0.3 is 9.88 Å². The van der Waals surface area contributed by atoms with Crippen molar-refractivity contribution in [2.45, 2.75) is 51.6 Å². The molecule has 1 saturated heterocycles. The average molecular weight is 208 g/mol. The molecule has 1 aromatic heterocycles. The van der Waals surface area contributed by atoms with Gasteiger partial charge in [0.25, 0.3) is 0 Å². The van der Waals surface area contributed by atoms with E-state index in [2.05, 4.69) is 27.0 Å². The normalized spacial score (nSPS) is 21.8. The van der Waals surface area contributed by atoms with Gasteiger partial charge in [-0.05, 0) is 32.7 Å². The van der Waals surface area contributed by atoms with Crippen LogP contribution in [0.1, 0.15) is 38.4 Å². The van der Waals surface area contributed by atoms with Gasteiger partial charge in [0.1, 0.15) is 12.2 Å². The second kappa shape index (κ2) is 5.26. The van der Waals surface area contributed by atoms with Gasteiger partial charge in [-0.2, -0.15) is 0 Å². The summed E-state index contributed by atoms with van der Waals surface area (Å²) in [5.41, 5.74) is 0. The molecule has 1 atom stereocenters. The van der Waals surface area contributed by atoms with Crippen LogP contribution in [0.15, 0.2) is 6.33 Å². The first-order valence-electron chi connectivity index (χ1n) is 6.00. The summed E-state index contributed by atoms with van der Waals surface area (Å²) in [4.78, 5) is 0. The third-order valence-electron chi connectivity index (χ3n) is 3.17. The summed E-state index contributed by atoms with van der Waals surface area (Å²) in [6, 6.07) is 0.695. The highest BCUT2D eigenvalue weighted by Gasteiger charge is 2.13. The third kappa shape index (κ3) is 2.78. The third-order valence-corrected chi connectivity index (χ3v) is 3.17. The number of rotatable bonds is 4. The van der Waals surface area contributed by atoms with Crippen LogP contribution in [0.25, 0.3) is 0 Å². The van der Waals surface area contributed by atoms with Crippen LogP contribution >= 0.6 is 0 Å². The molecular weight excluding hydrogens is 188 g/mol. The van der Waals surface area contributed by atoms with E-state index in [1.54, 1.807) is 0 Å². The molecule has 1 aliphatic heterocycles. The Bertz CT molecular complexity index is 289. The molecule has 1 aliphatic rings. The molecule has 84 valence electrons. The number of aryl methyl sites for hydroxylation is 2. The van der Waals surface area contributed by atoms with Gasteiger partial charge in [0, 0.05) is 19.0 Å². The number of hydrogen-bond acceptors (Lipinski definition) is 3. The molecule has 0 radical (unpaired) electrons. The van der Waals surface area contributed by atoms with Crippen LogP contribution in [0.2, 0.25) is 0 Å². The van der Waals surface area contributed by atoms with Crippen LogP contribution in [0.3, 0.4) is 0 Å². The van der Waals surface area contributed by atoms with Gasteiger partial charge in [-0.15, -0.1) is 10.2 Å². The van der Waals surface area contributed by atoms with Crippen LogP contribution in [-0.2, 0) is 13.0 Å². The molecule has 0 aliphatic carbocycles. The molecule has 2 heterocycles. The summed E-state index contributed by atoms with van der Waals surface area (Å²) in [7, 11) is 0. The minimum atomic E-state index is 0.695. The predicted octanol–water partition coefficient (Wildman–Crippen LogP) is 1.37. The monoisotopic (exact) mass is 208 g/mol. The predicted molar refractivity (Wildman–Crippen MR) is 59.7 cm³/mol. The first-order valence-corrected chi connectivity index (χ1v) is 6.00. The maximum absolute atomic E-state index is 4.16. The standard InChI is InChI=1S/C11H20N4/c1-2-15-9-13-14-11(15)7-6-10-5-3-4-8-12-10/h9-10,12H,2-8H2,1H3. The van der Waals surface area contributed by atoms with Crippen molar-refractivity contribution in [1.82, 2.24) is 20.1 Å². The second-order valence-electron chi connectivity index (χ2n) is 4.22. The Kier molecular flexibility index (Phi) is 3.72. The van der Waals surface area contributed by atoms with E-state index in [1.165, 1.54) is 32.2 Å². The highest BCUT2D eigenvalue weighted by Crippen LogP contribution is 2.12. The molecule has 4 nitrogen and oxygen atoms in total. The zero-order valence-corrected chi connectivity index (χ0v) is 9.45. The van der Waals surface area contributed by atoms with E-state index < -0.39 is 0 Å². The molecule has 0 amide bonds. The van der Waals surface area contributed by atoms with Crippen molar-refractivity contribution >= 4 is 0 Å². The fraction of sp³-hybridized carbons (Fsp3) is 0.818. The van der Waals surface area contributed by atoms with E-state index in [9.17, 15) is 0 Å². The van der Waals surface area contributed by atoms with Crippen molar-refractivity contribution in [3.63, 3.8) is 0 Å². The zero-order valence-electron chi connectivity index (χ0n) is 9.45. The Morgan fingerprint density at radius 1 is 1.53 bits per heavy atom. The van der Waals surface area contributed by atoms with E-state index in [0.717, 1.165) is 18.8 Å². The van der Waals surface area contributed by atoms with Crippen LogP contribution in [0, 0.1) is 0 Å². The Balaban J connectivity index is 1.81. The molecule has 1 N–H and O–H groups in total. The molecule has 15 heavy (non-hydrogen) atoms. The number of nitrogens with one attached hydrogen (secondary N) is 1. The smallest absolute Gasteiger partial charge is 0.132 e. The Morgan fingerprint density at radius 2 is 2.47 bits per heavy atom. The summed E-state index contributed by atoms with van der Waals surface area (Å²) in [6.07, 6.45) is 8.09. The fourth-order valence-electron chi connectivity index (χ4n) is 2.21. The number of nitrogens with zero attached hydrogens (tertiary/aromatic N) is 3. The SMILES string of the molecule is CCn1cnnc1CCC1CCCCN1. The lowest BCUT2D eigenvalue weighted by Crippen LogP contribution is -2.34. The quantitative estimate of drug-likeness (QED) is 0.812. The molecule has 4 heteroatoms. The fourth-order valence-corrected chi connectivity index (χ4v) is 2.21. The molecule has 2 rings (SSSR count). The molecular formula is C11H20N4. The van der Waals surface area contributed by atoms with E-state index in [-0.39, 0.29) is 0 Å². The van der Waals surface area contributed by atoms with Crippen molar-refractivity contribution in [1.29, 1.82) is 0 Å². The molecule has 0 bridgehead atoms. The molecule has 1 unspecified atom stereocenters. The van der Waals surface area contributed by atoms with Crippen LogP contribution in [0.5, 0.6) is 0 Å².